The molecule has 0 fully saturated rings. The molecule has 0 saturated carbocycles. The average molecular weight is 629 g/mol. The van der Waals surface area contributed by atoms with Crippen molar-refractivity contribution in [3.63, 3.8) is 0 Å². The summed E-state index contributed by atoms with van der Waals surface area (Å²) in [6.07, 6.45) is 4.23. The van der Waals surface area contributed by atoms with E-state index in [-0.39, 0.29) is 0 Å². The van der Waals surface area contributed by atoms with Crippen molar-refractivity contribution in [1.82, 2.24) is 4.90 Å². The standard InChI is InChI=1S/C15H39N4Si3.C4H9P.Ta/c1-20(2,3)16-10-13-19(14-11-17-21(4,5)6)15-12-18-22(7,8)9;1-2-3-4-5;/h10-15H2,1-9H3;2-4H2,1H3;/q-3;+1;. The predicted molar refractivity (Wildman–Crippen MR) is 138 cm³/mol. The second-order valence-corrected chi connectivity index (χ2v) is 28.0. The Morgan fingerprint density at radius 3 is 1.18 bits per heavy atom. The molecule has 4 nitrogen and oxygen atoms in total. The number of nitrogens with zero attached hydrogens (tertiary/aromatic N) is 4. The van der Waals surface area contributed by atoms with Gasteiger partial charge in [-0.3, -0.25) is 0 Å². The Kier molecular flexibility index (Phi) is 19.6. The molecule has 0 radical (unpaired) electrons. The average Bonchev–Trinajstić information content (AvgIpc) is 2.49. The Hall–Kier alpha value is 1.66. The molecule has 168 valence electrons. The molecule has 0 rings (SSSR count). The summed E-state index contributed by atoms with van der Waals surface area (Å²) in [7, 11) is -3.84. The zero-order chi connectivity index (χ0) is 22.3. The number of hydrogen-bond acceptors (Lipinski definition) is 1. The van der Waals surface area contributed by atoms with Gasteiger partial charge in [-0.15, -0.1) is 19.6 Å². The smallest absolute Gasteiger partial charge is 0.0210 e. The molecular formula is C19H48N4PSi3Ta-2. The van der Waals surface area contributed by atoms with Gasteiger partial charge in [0.15, 0.2) is 0 Å². The minimum Gasteiger partial charge on any atom is -0.664 e. The van der Waals surface area contributed by atoms with Gasteiger partial charge in [-0.2, -0.15) is 0 Å². The summed E-state index contributed by atoms with van der Waals surface area (Å²) in [5.41, 5.74) is 0. The minimum atomic E-state index is -1.28. The van der Waals surface area contributed by atoms with E-state index in [2.05, 4.69) is 70.7 Å². The second kappa shape index (κ2) is 17.2. The number of unbranched alkanes of at least 4 members (excludes halogenated alkanes) is 1. The fraction of sp³-hybridized carbons (Fsp3) is 1.00. The second-order valence-electron chi connectivity index (χ2n) is 10.2. The minimum absolute atomic E-state index is 0.968. The molecule has 0 amide bonds. The van der Waals surface area contributed by atoms with Crippen LogP contribution in [0.5, 0.6) is 0 Å². The van der Waals surface area contributed by atoms with Gasteiger partial charge < -0.3 is 19.8 Å². The van der Waals surface area contributed by atoms with Crippen LogP contribution in [0.25, 0.3) is 14.9 Å². The van der Waals surface area contributed by atoms with Crippen LogP contribution in [0, 0.1) is 0 Å². The summed E-state index contributed by atoms with van der Waals surface area (Å²) >= 11 is 1.54. The summed E-state index contributed by atoms with van der Waals surface area (Å²) < 4.78 is 0. The summed E-state index contributed by atoms with van der Waals surface area (Å²) in [5.74, 6) is 1.66. The van der Waals surface area contributed by atoms with Crippen molar-refractivity contribution in [2.75, 3.05) is 45.4 Å². The first-order valence-corrected chi connectivity index (χ1v) is 26.5. The van der Waals surface area contributed by atoms with Crippen LogP contribution in [0.1, 0.15) is 19.8 Å². The largest absolute Gasteiger partial charge is 0.664 e. The van der Waals surface area contributed by atoms with E-state index >= 15 is 0 Å². The van der Waals surface area contributed by atoms with Crippen molar-refractivity contribution < 1.29 is 19.8 Å². The van der Waals surface area contributed by atoms with Crippen LogP contribution < -0.4 is 0 Å². The van der Waals surface area contributed by atoms with Gasteiger partial charge in [-0.05, 0) is 19.6 Å². The Balaban J connectivity index is 0. The van der Waals surface area contributed by atoms with Gasteiger partial charge in [0.05, 0.1) is 0 Å². The number of hydrogen-bond donors (Lipinski definition) is 0. The van der Waals surface area contributed by atoms with Gasteiger partial charge in [0.1, 0.15) is 0 Å². The third-order valence-electron chi connectivity index (χ3n) is 3.62. The first-order chi connectivity index (χ1) is 12.7. The van der Waals surface area contributed by atoms with E-state index in [1.165, 1.54) is 19.0 Å². The Labute approximate surface area is 193 Å². The maximum atomic E-state index is 4.86. The molecule has 0 aromatic heterocycles. The number of rotatable bonds is 14. The van der Waals surface area contributed by atoms with Crippen molar-refractivity contribution in [2.24, 2.45) is 0 Å². The van der Waals surface area contributed by atoms with Crippen molar-refractivity contribution in [2.45, 2.75) is 78.7 Å². The molecule has 0 heterocycles. The van der Waals surface area contributed by atoms with Crippen molar-refractivity contribution in [3.05, 3.63) is 14.9 Å². The zero-order valence-corrected chi connectivity index (χ0v) is 27.7. The topological polar surface area (TPSA) is 45.5 Å². The van der Waals surface area contributed by atoms with E-state index in [4.69, 9.17) is 14.9 Å². The fourth-order valence-corrected chi connectivity index (χ4v) is 6.44. The van der Waals surface area contributed by atoms with Crippen molar-refractivity contribution in [3.8, 4) is 0 Å². The van der Waals surface area contributed by atoms with Gasteiger partial charge >= 0.3 is 51.5 Å². The molecule has 0 aromatic rings. The summed E-state index contributed by atoms with van der Waals surface area (Å²) in [6.45, 7) is 29.1. The summed E-state index contributed by atoms with van der Waals surface area (Å²) in [4.78, 5) is 17.1. The molecule has 28 heavy (non-hydrogen) atoms. The van der Waals surface area contributed by atoms with E-state index in [0.717, 1.165) is 39.3 Å². The van der Waals surface area contributed by atoms with Gasteiger partial charge in [0, 0.05) is 0 Å². The molecule has 0 aliphatic heterocycles. The maximum absolute atomic E-state index is 4.86. The van der Waals surface area contributed by atoms with Crippen LogP contribution in [0.15, 0.2) is 0 Å². The molecule has 9 heteroatoms. The van der Waals surface area contributed by atoms with Crippen LogP contribution in [-0.2, 0) is 19.8 Å². The van der Waals surface area contributed by atoms with Crippen molar-refractivity contribution >= 4 is 30.5 Å². The molecule has 0 spiro atoms. The van der Waals surface area contributed by atoms with Gasteiger partial charge in [-0.25, -0.2) is 0 Å². The van der Waals surface area contributed by atoms with Crippen molar-refractivity contribution in [1.29, 1.82) is 0 Å². The molecule has 0 aliphatic rings. The molecule has 0 atom stereocenters. The summed E-state index contributed by atoms with van der Waals surface area (Å²) in [6, 6.07) is 0. The van der Waals surface area contributed by atoms with Crippen LogP contribution in [0.3, 0.4) is 0 Å². The molecule has 0 saturated heterocycles. The Bertz CT molecular complexity index is 368. The van der Waals surface area contributed by atoms with E-state index < -0.39 is 24.7 Å². The van der Waals surface area contributed by atoms with E-state index in [1.54, 1.807) is 25.6 Å². The third kappa shape index (κ3) is 29.9. The van der Waals surface area contributed by atoms with Crippen LogP contribution in [0.2, 0.25) is 58.9 Å². The molecular weight excluding hydrogens is 580 g/mol. The quantitative estimate of drug-likeness (QED) is 0.115. The molecule has 0 aliphatic carbocycles. The van der Waals surface area contributed by atoms with Gasteiger partial charge in [0.2, 0.25) is 0 Å². The van der Waals surface area contributed by atoms with E-state index in [1.807, 2.05) is 0 Å². The first-order valence-electron chi connectivity index (χ1n) is 10.8. The SMILES string of the molecule is CCCC[P+]#[Ta].C[Si](C)(C)[N-]CCN(CC[N-][Si](C)(C)C)CC[N-][Si](C)(C)C. The zero-order valence-electron chi connectivity index (χ0n) is 20.5. The maximum Gasteiger partial charge on any atom is -0.0210 e. The third-order valence-corrected chi connectivity index (χ3v) is 9.81. The summed E-state index contributed by atoms with van der Waals surface area (Å²) in [5, 5.41) is 0. The first kappa shape index (κ1) is 31.8. The van der Waals surface area contributed by atoms with E-state index in [0.29, 0.717) is 0 Å². The monoisotopic (exact) mass is 628 g/mol. The molecule has 0 unspecified atom stereocenters. The van der Waals surface area contributed by atoms with Gasteiger partial charge in [-0.1, -0.05) is 83.6 Å². The van der Waals surface area contributed by atoms with Crippen LogP contribution in [0.4, 0.5) is 0 Å². The molecule has 0 bridgehead atoms. The Morgan fingerprint density at radius 2 is 1.00 bits per heavy atom. The normalized spacial score (nSPS) is 12.6. The van der Waals surface area contributed by atoms with Crippen LogP contribution in [-0.4, -0.2) is 75.0 Å². The van der Waals surface area contributed by atoms with Gasteiger partial charge in [0.25, 0.3) is 0 Å². The van der Waals surface area contributed by atoms with E-state index in [9.17, 15) is 0 Å². The fourth-order valence-electron chi connectivity index (χ4n) is 2.14. The Morgan fingerprint density at radius 1 is 0.679 bits per heavy atom. The van der Waals surface area contributed by atoms with Crippen LogP contribution >= 0.6 is 5.79 Å². The molecule has 0 aromatic carbocycles. The molecule has 0 N–H and O–H groups in total. The predicted octanol–water partition coefficient (Wildman–Crippen LogP) is 7.11.